The number of benzene rings is 3. The zero-order valence-corrected chi connectivity index (χ0v) is 16.9. The van der Waals surface area contributed by atoms with E-state index < -0.39 is 0 Å². The highest BCUT2D eigenvalue weighted by Crippen LogP contribution is 2.43. The number of rotatable bonds is 3. The van der Waals surface area contributed by atoms with E-state index in [1.807, 2.05) is 54.6 Å². The van der Waals surface area contributed by atoms with Gasteiger partial charge in [0.2, 0.25) is 0 Å². The van der Waals surface area contributed by atoms with Gasteiger partial charge in [-0.2, -0.15) is 0 Å². The molecule has 150 valence electrons. The molecule has 4 heteroatoms. The zero-order valence-electron chi connectivity index (χ0n) is 16.9. The third-order valence-electron chi connectivity index (χ3n) is 6.17. The molecule has 1 N–H and O–H groups in total. The van der Waals surface area contributed by atoms with E-state index in [0.29, 0.717) is 6.42 Å². The lowest BCUT2D eigenvalue weighted by atomic mass is 9.72. The first-order valence-corrected chi connectivity index (χ1v) is 10.4. The molecule has 0 radical (unpaired) electrons. The molecule has 4 nitrogen and oxygen atoms in total. The van der Waals surface area contributed by atoms with Crippen molar-refractivity contribution >= 4 is 22.9 Å². The maximum atomic E-state index is 13.5. The Morgan fingerprint density at radius 1 is 0.867 bits per heavy atom. The number of aliphatic imine (C=N–C) groups is 1. The number of para-hydroxylation sites is 2. The molecule has 0 aromatic heterocycles. The van der Waals surface area contributed by atoms with Gasteiger partial charge >= 0.3 is 0 Å². The number of nitrogens with one attached hydrogen (secondary N) is 1. The summed E-state index contributed by atoms with van der Waals surface area (Å²) in [5.74, 6) is 0.956. The smallest absolute Gasteiger partial charge is 0.144 e. The van der Waals surface area contributed by atoms with E-state index in [9.17, 15) is 4.79 Å². The first-order valence-electron chi connectivity index (χ1n) is 10.4. The van der Waals surface area contributed by atoms with Gasteiger partial charge in [-0.3, -0.25) is 9.79 Å². The van der Waals surface area contributed by atoms with Crippen LogP contribution in [0.3, 0.4) is 0 Å². The minimum atomic E-state index is -0.255. The summed E-state index contributed by atoms with van der Waals surface area (Å²) in [6, 6.07) is 26.2. The summed E-state index contributed by atoms with van der Waals surface area (Å²) in [6.07, 6.45) is 1.31. The van der Waals surface area contributed by atoms with Crippen molar-refractivity contribution < 1.29 is 9.53 Å². The van der Waals surface area contributed by atoms with Gasteiger partial charge in [0.05, 0.1) is 30.4 Å². The van der Waals surface area contributed by atoms with Crippen LogP contribution in [0.15, 0.2) is 83.9 Å². The Hall–Kier alpha value is -3.40. The predicted molar refractivity (Wildman–Crippen MR) is 120 cm³/mol. The monoisotopic (exact) mass is 396 g/mol. The number of fused-ring (bicyclic) bond motifs is 2. The number of anilines is 1. The highest BCUT2D eigenvalue weighted by molar-refractivity contribution is 6.10. The van der Waals surface area contributed by atoms with Crippen molar-refractivity contribution in [2.45, 2.75) is 24.8 Å². The molecule has 1 unspecified atom stereocenters. The van der Waals surface area contributed by atoms with Gasteiger partial charge in [-0.1, -0.05) is 54.6 Å². The van der Waals surface area contributed by atoms with Crippen molar-refractivity contribution in [3.05, 3.63) is 90.0 Å². The lowest BCUT2D eigenvalue weighted by Gasteiger charge is -2.34. The Kier molecular flexibility index (Phi) is 4.83. The Bertz CT molecular complexity index is 1090. The molecule has 1 heterocycles. The van der Waals surface area contributed by atoms with Crippen LogP contribution < -0.4 is 10.1 Å². The Labute approximate surface area is 176 Å². The van der Waals surface area contributed by atoms with Gasteiger partial charge in [0.1, 0.15) is 11.5 Å². The van der Waals surface area contributed by atoms with Gasteiger partial charge < -0.3 is 10.1 Å². The quantitative estimate of drug-likeness (QED) is 0.618. The minimum absolute atomic E-state index is 0.113. The number of ketones is 1. The summed E-state index contributed by atoms with van der Waals surface area (Å²) < 4.78 is 5.28. The largest absolute Gasteiger partial charge is 0.497 e. The summed E-state index contributed by atoms with van der Waals surface area (Å²) in [5.41, 5.74) is 5.12. The molecule has 0 spiro atoms. The van der Waals surface area contributed by atoms with Crippen LogP contribution >= 0.6 is 0 Å². The molecular formula is C26H24N2O2. The zero-order chi connectivity index (χ0) is 20.5. The number of hydrogen-bond donors (Lipinski definition) is 1. The fraction of sp³-hybridized carbons (Fsp3) is 0.231. The Morgan fingerprint density at radius 3 is 2.37 bits per heavy atom. The lowest BCUT2D eigenvalue weighted by molar-refractivity contribution is -0.122. The standard InChI is InChI=1S/C26H24N2O2/c1-30-20-13-11-17(12-14-20)19-15-23-25(24(29)16-19)26(18-7-3-2-4-8-18)28-22-10-6-5-9-21(22)27-23/h2-14,19,25-26,28H,15-16H2,1H3/t19-,25?,26-/m0/s1. The van der Waals surface area contributed by atoms with Crippen molar-refractivity contribution in [3.8, 4) is 5.75 Å². The van der Waals surface area contributed by atoms with Crippen LogP contribution in [0, 0.1) is 5.92 Å². The van der Waals surface area contributed by atoms with Crippen molar-refractivity contribution in [2.75, 3.05) is 12.4 Å². The SMILES string of the molecule is COc1ccc([C@@H]2CC(=O)C3C(=Nc4ccccc4N[C@H]3c3ccccc3)C2)cc1. The topological polar surface area (TPSA) is 50.7 Å². The molecule has 3 aromatic carbocycles. The van der Waals surface area contributed by atoms with E-state index in [2.05, 4.69) is 29.6 Å². The van der Waals surface area contributed by atoms with E-state index >= 15 is 0 Å². The number of nitrogens with zero attached hydrogens (tertiary/aromatic N) is 1. The average molecular weight is 396 g/mol. The molecule has 1 aliphatic heterocycles. The number of carbonyl (C=O) groups is 1. The second-order valence-corrected chi connectivity index (χ2v) is 7.98. The highest BCUT2D eigenvalue weighted by atomic mass is 16.5. The summed E-state index contributed by atoms with van der Waals surface area (Å²) in [5, 5.41) is 3.62. The number of carbonyl (C=O) groups excluding carboxylic acids is 1. The molecule has 0 bridgehead atoms. The second-order valence-electron chi connectivity index (χ2n) is 7.98. The molecule has 5 rings (SSSR count). The van der Waals surface area contributed by atoms with Gasteiger partial charge in [-0.25, -0.2) is 0 Å². The predicted octanol–water partition coefficient (Wildman–Crippen LogP) is 5.70. The van der Waals surface area contributed by atoms with Gasteiger partial charge in [0, 0.05) is 12.1 Å². The second kappa shape index (κ2) is 7.79. The normalized spacial score (nSPS) is 22.8. The number of methoxy groups -OCH3 is 1. The number of hydrogen-bond acceptors (Lipinski definition) is 4. The minimum Gasteiger partial charge on any atom is -0.497 e. The molecule has 30 heavy (non-hydrogen) atoms. The number of Topliss-reactive ketones (excluding diaryl/α,β-unsaturated/α-hetero) is 1. The van der Waals surface area contributed by atoms with Crippen LogP contribution in [0.5, 0.6) is 5.75 Å². The van der Waals surface area contributed by atoms with E-state index in [1.165, 1.54) is 0 Å². The first kappa shape index (κ1) is 18.6. The van der Waals surface area contributed by atoms with E-state index in [1.54, 1.807) is 7.11 Å². The van der Waals surface area contributed by atoms with Gasteiger partial charge in [-0.05, 0) is 47.7 Å². The van der Waals surface area contributed by atoms with Crippen molar-refractivity contribution in [1.29, 1.82) is 0 Å². The average Bonchev–Trinajstić information content (AvgIpc) is 2.96. The molecule has 3 aromatic rings. The summed E-state index contributed by atoms with van der Waals surface area (Å²) >= 11 is 0. The molecular weight excluding hydrogens is 372 g/mol. The maximum absolute atomic E-state index is 13.5. The molecule has 1 aliphatic carbocycles. The fourth-order valence-electron chi connectivity index (χ4n) is 4.65. The first-order chi connectivity index (χ1) is 14.7. The molecule has 1 fully saturated rings. The van der Waals surface area contributed by atoms with E-state index in [4.69, 9.17) is 9.73 Å². The Morgan fingerprint density at radius 2 is 1.60 bits per heavy atom. The van der Waals surface area contributed by atoms with Crippen LogP contribution in [0.2, 0.25) is 0 Å². The van der Waals surface area contributed by atoms with Crippen molar-refractivity contribution in [1.82, 2.24) is 0 Å². The summed E-state index contributed by atoms with van der Waals surface area (Å²) in [7, 11) is 1.66. The molecule has 3 atom stereocenters. The van der Waals surface area contributed by atoms with Gasteiger partial charge in [-0.15, -0.1) is 0 Å². The fourth-order valence-corrected chi connectivity index (χ4v) is 4.65. The van der Waals surface area contributed by atoms with E-state index in [-0.39, 0.29) is 23.7 Å². The third kappa shape index (κ3) is 3.39. The van der Waals surface area contributed by atoms with E-state index in [0.717, 1.165) is 40.4 Å². The summed E-state index contributed by atoms with van der Waals surface area (Å²) in [4.78, 5) is 18.5. The van der Waals surface area contributed by atoms with Crippen LogP contribution in [0.1, 0.15) is 35.9 Å². The number of ether oxygens (including phenoxy) is 1. The van der Waals surface area contributed by atoms with Crippen LogP contribution in [-0.2, 0) is 4.79 Å². The van der Waals surface area contributed by atoms with Gasteiger partial charge in [0.25, 0.3) is 0 Å². The van der Waals surface area contributed by atoms with Gasteiger partial charge in [0.15, 0.2) is 0 Å². The van der Waals surface area contributed by atoms with Crippen molar-refractivity contribution in [2.24, 2.45) is 10.9 Å². The molecule has 0 amide bonds. The molecule has 2 aliphatic rings. The molecule has 0 saturated heterocycles. The highest BCUT2D eigenvalue weighted by Gasteiger charge is 2.41. The van der Waals surface area contributed by atoms with Crippen LogP contribution in [-0.4, -0.2) is 18.6 Å². The lowest BCUT2D eigenvalue weighted by Crippen LogP contribution is -2.38. The summed E-state index contributed by atoms with van der Waals surface area (Å²) in [6.45, 7) is 0. The molecule has 1 saturated carbocycles. The van der Waals surface area contributed by atoms with Crippen molar-refractivity contribution in [3.63, 3.8) is 0 Å². The van der Waals surface area contributed by atoms with Crippen LogP contribution in [0.4, 0.5) is 11.4 Å². The van der Waals surface area contributed by atoms with Crippen LogP contribution in [0.25, 0.3) is 0 Å². The Balaban J connectivity index is 1.56. The maximum Gasteiger partial charge on any atom is 0.144 e. The third-order valence-corrected chi connectivity index (χ3v) is 6.17.